The van der Waals surface area contributed by atoms with Gasteiger partial charge in [-0.3, -0.25) is 9.59 Å². The fourth-order valence-corrected chi connectivity index (χ4v) is 2.30. The number of carbonyl (C=O) groups excluding carboxylic acids is 2. The van der Waals surface area contributed by atoms with E-state index in [1.165, 1.54) is 30.3 Å². The number of benzene rings is 2. The molecule has 2 amide bonds. The molecule has 2 aromatic carbocycles. The SMILES string of the molecule is CN(Cc1cccc(NC(=O)Cc2ccc(F)cc2)c1)C(=O)C(F)(F)F. The maximum absolute atomic E-state index is 12.9. The molecule has 0 fully saturated rings. The Hall–Kier alpha value is -2.90. The number of carbonyl (C=O) groups is 2. The van der Waals surface area contributed by atoms with Gasteiger partial charge in [-0.2, -0.15) is 13.2 Å². The Kier molecular flexibility index (Phi) is 5.97. The third-order valence-corrected chi connectivity index (χ3v) is 3.50. The smallest absolute Gasteiger partial charge is 0.334 e. The first-order valence-corrected chi connectivity index (χ1v) is 7.60. The lowest BCUT2D eigenvalue weighted by atomic mass is 10.1. The summed E-state index contributed by atoms with van der Waals surface area (Å²) in [5, 5.41) is 2.62. The normalized spacial score (nSPS) is 11.1. The van der Waals surface area contributed by atoms with Gasteiger partial charge in [0.25, 0.3) is 0 Å². The molecule has 0 aliphatic rings. The summed E-state index contributed by atoms with van der Waals surface area (Å²) in [7, 11) is 1.05. The first-order chi connectivity index (χ1) is 12.1. The predicted octanol–water partition coefficient (Wildman–Crippen LogP) is 3.53. The van der Waals surface area contributed by atoms with E-state index in [0.29, 0.717) is 21.7 Å². The third kappa shape index (κ3) is 5.58. The molecule has 0 aliphatic carbocycles. The Morgan fingerprint density at radius 3 is 2.31 bits per heavy atom. The molecule has 0 bridgehead atoms. The minimum atomic E-state index is -4.93. The van der Waals surface area contributed by atoms with Gasteiger partial charge in [0.1, 0.15) is 5.82 Å². The van der Waals surface area contributed by atoms with E-state index in [-0.39, 0.29) is 18.9 Å². The molecule has 0 saturated carbocycles. The van der Waals surface area contributed by atoms with E-state index < -0.39 is 17.9 Å². The number of rotatable bonds is 5. The van der Waals surface area contributed by atoms with Crippen LogP contribution >= 0.6 is 0 Å². The van der Waals surface area contributed by atoms with E-state index in [4.69, 9.17) is 0 Å². The van der Waals surface area contributed by atoms with E-state index in [9.17, 15) is 27.2 Å². The molecule has 0 aliphatic heterocycles. The predicted molar refractivity (Wildman–Crippen MR) is 87.7 cm³/mol. The minimum absolute atomic E-state index is 0.0248. The summed E-state index contributed by atoms with van der Waals surface area (Å²) in [6.45, 7) is -0.250. The molecule has 0 aromatic heterocycles. The third-order valence-electron chi connectivity index (χ3n) is 3.50. The quantitative estimate of drug-likeness (QED) is 0.821. The average molecular weight is 368 g/mol. The van der Waals surface area contributed by atoms with Crippen molar-refractivity contribution in [2.24, 2.45) is 0 Å². The largest absolute Gasteiger partial charge is 0.471 e. The van der Waals surface area contributed by atoms with Crippen LogP contribution < -0.4 is 5.32 Å². The van der Waals surface area contributed by atoms with Crippen molar-refractivity contribution in [3.63, 3.8) is 0 Å². The van der Waals surface area contributed by atoms with Crippen molar-refractivity contribution >= 4 is 17.5 Å². The van der Waals surface area contributed by atoms with Crippen molar-refractivity contribution in [1.82, 2.24) is 4.90 Å². The van der Waals surface area contributed by atoms with Gasteiger partial charge in [-0.05, 0) is 35.4 Å². The van der Waals surface area contributed by atoms with Crippen molar-refractivity contribution in [2.45, 2.75) is 19.1 Å². The van der Waals surface area contributed by atoms with Crippen LogP contribution in [0.3, 0.4) is 0 Å². The number of nitrogens with zero attached hydrogens (tertiary/aromatic N) is 1. The number of hydrogen-bond acceptors (Lipinski definition) is 2. The first-order valence-electron chi connectivity index (χ1n) is 7.60. The van der Waals surface area contributed by atoms with Gasteiger partial charge >= 0.3 is 12.1 Å². The lowest BCUT2D eigenvalue weighted by Gasteiger charge is -2.19. The van der Waals surface area contributed by atoms with E-state index in [2.05, 4.69) is 5.32 Å². The standard InChI is InChI=1S/C18H16F4N2O2/c1-24(17(26)18(20,21)22)11-13-3-2-4-15(9-13)23-16(25)10-12-5-7-14(19)8-6-12/h2-9H,10-11H2,1H3,(H,23,25). The van der Waals surface area contributed by atoms with Crippen LogP contribution in [0.1, 0.15) is 11.1 Å². The Morgan fingerprint density at radius 1 is 1.04 bits per heavy atom. The van der Waals surface area contributed by atoms with Crippen molar-refractivity contribution in [3.05, 3.63) is 65.5 Å². The Balaban J connectivity index is 1.99. The fourth-order valence-electron chi connectivity index (χ4n) is 2.30. The van der Waals surface area contributed by atoms with Crippen molar-refractivity contribution < 1.29 is 27.2 Å². The summed E-state index contributed by atoms with van der Waals surface area (Å²) < 4.78 is 50.1. The molecule has 0 atom stereocenters. The van der Waals surface area contributed by atoms with Crippen LogP contribution in [0.15, 0.2) is 48.5 Å². The molecule has 1 N–H and O–H groups in total. The molecule has 138 valence electrons. The van der Waals surface area contributed by atoms with Gasteiger partial charge in [0.05, 0.1) is 6.42 Å². The maximum atomic E-state index is 12.9. The topological polar surface area (TPSA) is 49.4 Å². The molecule has 0 saturated heterocycles. The lowest BCUT2D eigenvalue weighted by Crippen LogP contribution is -2.37. The monoisotopic (exact) mass is 368 g/mol. The number of nitrogens with one attached hydrogen (secondary N) is 1. The maximum Gasteiger partial charge on any atom is 0.471 e. The minimum Gasteiger partial charge on any atom is -0.334 e. The second-order valence-corrected chi connectivity index (χ2v) is 5.71. The molecule has 2 aromatic rings. The van der Waals surface area contributed by atoms with E-state index in [1.807, 2.05) is 0 Å². The van der Waals surface area contributed by atoms with Crippen LogP contribution in [0.5, 0.6) is 0 Å². The average Bonchev–Trinajstić information content (AvgIpc) is 2.55. The van der Waals surface area contributed by atoms with Crippen LogP contribution in [-0.4, -0.2) is 29.9 Å². The molecule has 8 heteroatoms. The van der Waals surface area contributed by atoms with Gasteiger partial charge in [0, 0.05) is 19.3 Å². The molecule has 4 nitrogen and oxygen atoms in total. The molecule has 0 radical (unpaired) electrons. The highest BCUT2D eigenvalue weighted by Gasteiger charge is 2.41. The van der Waals surface area contributed by atoms with E-state index in [1.54, 1.807) is 18.2 Å². The van der Waals surface area contributed by atoms with Crippen molar-refractivity contribution in [3.8, 4) is 0 Å². The van der Waals surface area contributed by atoms with Crippen molar-refractivity contribution in [2.75, 3.05) is 12.4 Å². The number of halogens is 4. The van der Waals surface area contributed by atoms with Gasteiger partial charge in [-0.15, -0.1) is 0 Å². The lowest BCUT2D eigenvalue weighted by molar-refractivity contribution is -0.184. The van der Waals surface area contributed by atoms with Crippen LogP contribution in [0.4, 0.5) is 23.2 Å². The second-order valence-electron chi connectivity index (χ2n) is 5.71. The second kappa shape index (κ2) is 7.99. The van der Waals surface area contributed by atoms with Gasteiger partial charge < -0.3 is 10.2 Å². The summed E-state index contributed by atoms with van der Waals surface area (Å²) in [6.07, 6.45) is -4.91. The fraction of sp³-hybridized carbons (Fsp3) is 0.222. The molecular formula is C18H16F4N2O2. The zero-order chi connectivity index (χ0) is 19.3. The summed E-state index contributed by atoms with van der Waals surface area (Å²) in [5.74, 6) is -2.70. The molecule has 2 rings (SSSR count). The highest BCUT2D eigenvalue weighted by atomic mass is 19.4. The number of hydrogen-bond donors (Lipinski definition) is 1. The Bertz CT molecular complexity index is 789. The van der Waals surface area contributed by atoms with Gasteiger partial charge in [-0.1, -0.05) is 24.3 Å². The van der Waals surface area contributed by atoms with Crippen LogP contribution in [0.25, 0.3) is 0 Å². The summed E-state index contributed by atoms with van der Waals surface area (Å²) in [4.78, 5) is 23.7. The molecule has 0 heterocycles. The highest BCUT2D eigenvalue weighted by Crippen LogP contribution is 2.20. The van der Waals surface area contributed by atoms with Crippen molar-refractivity contribution in [1.29, 1.82) is 0 Å². The Labute approximate surface area is 147 Å². The number of amides is 2. The van der Waals surface area contributed by atoms with Gasteiger partial charge in [0.2, 0.25) is 5.91 Å². The molecule has 0 unspecified atom stereocenters. The highest BCUT2D eigenvalue weighted by molar-refractivity contribution is 5.92. The summed E-state index contributed by atoms with van der Waals surface area (Å²) in [5.41, 5.74) is 1.45. The zero-order valence-corrected chi connectivity index (χ0v) is 13.8. The van der Waals surface area contributed by atoms with Crippen LogP contribution in [0.2, 0.25) is 0 Å². The molecular weight excluding hydrogens is 352 g/mol. The summed E-state index contributed by atoms with van der Waals surface area (Å²) in [6, 6.07) is 11.7. The molecule has 26 heavy (non-hydrogen) atoms. The van der Waals surface area contributed by atoms with Gasteiger partial charge in [-0.25, -0.2) is 4.39 Å². The van der Waals surface area contributed by atoms with E-state index >= 15 is 0 Å². The van der Waals surface area contributed by atoms with E-state index in [0.717, 1.165) is 7.05 Å². The van der Waals surface area contributed by atoms with Crippen LogP contribution in [0, 0.1) is 5.82 Å². The zero-order valence-electron chi connectivity index (χ0n) is 13.8. The number of anilines is 1. The first kappa shape index (κ1) is 19.4. The Morgan fingerprint density at radius 2 is 1.69 bits per heavy atom. The van der Waals surface area contributed by atoms with Gasteiger partial charge in [0.15, 0.2) is 0 Å². The summed E-state index contributed by atoms with van der Waals surface area (Å²) >= 11 is 0. The number of alkyl halides is 3. The molecule has 0 spiro atoms. The van der Waals surface area contributed by atoms with Crippen LogP contribution in [-0.2, 0) is 22.6 Å².